The van der Waals surface area contributed by atoms with Gasteiger partial charge in [0.05, 0.1) is 12.6 Å². The normalized spacial score (nSPS) is 14.1. The maximum absolute atomic E-state index is 5.28. The fourth-order valence-corrected chi connectivity index (χ4v) is 3.12. The number of ether oxygens (including phenoxy) is 1. The Balaban J connectivity index is 1.75. The molecule has 1 fully saturated rings. The SMILES string of the molecule is COc1cccc(Nc2nc(N3CCCC3)c3ccccc3n2)c1. The maximum Gasteiger partial charge on any atom is 0.229 e. The van der Waals surface area contributed by atoms with Gasteiger partial charge >= 0.3 is 0 Å². The Hall–Kier alpha value is -2.82. The van der Waals surface area contributed by atoms with E-state index in [1.54, 1.807) is 7.11 Å². The van der Waals surface area contributed by atoms with Crippen LogP contribution in [-0.4, -0.2) is 30.2 Å². The topological polar surface area (TPSA) is 50.3 Å². The first-order valence-electron chi connectivity index (χ1n) is 8.26. The number of nitrogens with zero attached hydrogens (tertiary/aromatic N) is 3. The van der Waals surface area contributed by atoms with E-state index >= 15 is 0 Å². The number of nitrogens with one attached hydrogen (secondary N) is 1. The molecule has 0 atom stereocenters. The molecule has 0 amide bonds. The highest BCUT2D eigenvalue weighted by atomic mass is 16.5. The molecule has 5 heteroatoms. The van der Waals surface area contributed by atoms with E-state index in [1.165, 1.54) is 12.8 Å². The largest absolute Gasteiger partial charge is 0.497 e. The van der Waals surface area contributed by atoms with E-state index in [4.69, 9.17) is 9.72 Å². The van der Waals surface area contributed by atoms with Gasteiger partial charge in [-0.05, 0) is 37.1 Å². The fraction of sp³-hybridized carbons (Fsp3) is 0.263. The molecule has 24 heavy (non-hydrogen) atoms. The van der Waals surface area contributed by atoms with Gasteiger partial charge in [-0.1, -0.05) is 18.2 Å². The number of rotatable bonds is 4. The molecule has 1 saturated heterocycles. The maximum atomic E-state index is 5.28. The van der Waals surface area contributed by atoms with Gasteiger partial charge in [-0.3, -0.25) is 0 Å². The fourth-order valence-electron chi connectivity index (χ4n) is 3.12. The molecule has 5 nitrogen and oxygen atoms in total. The van der Waals surface area contributed by atoms with Crippen LogP contribution in [0.4, 0.5) is 17.5 Å². The molecule has 0 bridgehead atoms. The van der Waals surface area contributed by atoms with Crippen LogP contribution in [0.25, 0.3) is 10.9 Å². The summed E-state index contributed by atoms with van der Waals surface area (Å²) < 4.78 is 5.28. The highest BCUT2D eigenvalue weighted by molar-refractivity contribution is 5.90. The molecule has 2 aromatic carbocycles. The molecule has 4 rings (SSSR count). The lowest BCUT2D eigenvalue weighted by Crippen LogP contribution is -2.20. The van der Waals surface area contributed by atoms with Crippen molar-refractivity contribution in [3.05, 3.63) is 48.5 Å². The quantitative estimate of drug-likeness (QED) is 0.788. The second-order valence-electron chi connectivity index (χ2n) is 5.94. The van der Waals surface area contributed by atoms with Crippen molar-refractivity contribution in [1.29, 1.82) is 0 Å². The van der Waals surface area contributed by atoms with Gasteiger partial charge in [0.2, 0.25) is 5.95 Å². The summed E-state index contributed by atoms with van der Waals surface area (Å²) >= 11 is 0. The van der Waals surface area contributed by atoms with Crippen LogP contribution in [-0.2, 0) is 0 Å². The Bertz CT molecular complexity index is 859. The first-order chi connectivity index (χ1) is 11.8. The molecular formula is C19H20N4O. The highest BCUT2D eigenvalue weighted by Gasteiger charge is 2.18. The second-order valence-corrected chi connectivity index (χ2v) is 5.94. The van der Waals surface area contributed by atoms with Crippen molar-refractivity contribution < 1.29 is 4.74 Å². The monoisotopic (exact) mass is 320 g/mol. The average Bonchev–Trinajstić information content (AvgIpc) is 3.16. The molecule has 3 aromatic rings. The van der Waals surface area contributed by atoms with Gasteiger partial charge < -0.3 is 15.0 Å². The van der Waals surface area contributed by atoms with Gasteiger partial charge in [0.1, 0.15) is 11.6 Å². The van der Waals surface area contributed by atoms with Crippen LogP contribution in [0.15, 0.2) is 48.5 Å². The van der Waals surface area contributed by atoms with Crippen molar-refractivity contribution in [2.75, 3.05) is 30.4 Å². The molecule has 1 N–H and O–H groups in total. The van der Waals surface area contributed by atoms with Crippen LogP contribution >= 0.6 is 0 Å². The predicted molar refractivity (Wildman–Crippen MR) is 97.3 cm³/mol. The van der Waals surface area contributed by atoms with Gasteiger partial charge in [0.15, 0.2) is 0 Å². The van der Waals surface area contributed by atoms with Crippen molar-refractivity contribution in [3.63, 3.8) is 0 Å². The van der Waals surface area contributed by atoms with Crippen molar-refractivity contribution in [1.82, 2.24) is 9.97 Å². The molecule has 2 heterocycles. The molecular weight excluding hydrogens is 300 g/mol. The molecule has 1 aromatic heterocycles. The number of hydrogen-bond donors (Lipinski definition) is 1. The molecule has 0 radical (unpaired) electrons. The van der Waals surface area contributed by atoms with Crippen LogP contribution in [0.2, 0.25) is 0 Å². The highest BCUT2D eigenvalue weighted by Crippen LogP contribution is 2.29. The van der Waals surface area contributed by atoms with Crippen molar-refractivity contribution >= 4 is 28.4 Å². The summed E-state index contributed by atoms with van der Waals surface area (Å²) in [6.45, 7) is 2.11. The van der Waals surface area contributed by atoms with Gasteiger partial charge in [-0.2, -0.15) is 4.98 Å². The molecule has 122 valence electrons. The number of aromatic nitrogens is 2. The Morgan fingerprint density at radius 1 is 1.00 bits per heavy atom. The van der Waals surface area contributed by atoms with Gasteiger partial charge in [-0.15, -0.1) is 0 Å². The first-order valence-corrected chi connectivity index (χ1v) is 8.26. The molecule has 0 unspecified atom stereocenters. The number of anilines is 3. The van der Waals surface area contributed by atoms with E-state index in [9.17, 15) is 0 Å². The molecule has 0 spiro atoms. The van der Waals surface area contributed by atoms with Crippen LogP contribution in [0.5, 0.6) is 5.75 Å². The Morgan fingerprint density at radius 2 is 1.83 bits per heavy atom. The summed E-state index contributed by atoms with van der Waals surface area (Å²) in [5.74, 6) is 2.44. The summed E-state index contributed by atoms with van der Waals surface area (Å²) in [6.07, 6.45) is 2.44. The van der Waals surface area contributed by atoms with E-state index in [2.05, 4.69) is 21.3 Å². The van der Waals surface area contributed by atoms with E-state index in [0.717, 1.165) is 41.2 Å². The number of methoxy groups -OCH3 is 1. The van der Waals surface area contributed by atoms with E-state index in [1.807, 2.05) is 42.5 Å². The zero-order valence-electron chi connectivity index (χ0n) is 13.7. The predicted octanol–water partition coefficient (Wildman–Crippen LogP) is 3.98. The summed E-state index contributed by atoms with van der Waals surface area (Å²) in [7, 11) is 1.66. The molecule has 0 aliphatic carbocycles. The van der Waals surface area contributed by atoms with E-state index in [0.29, 0.717) is 5.95 Å². The van der Waals surface area contributed by atoms with E-state index < -0.39 is 0 Å². The third kappa shape index (κ3) is 2.85. The molecule has 0 saturated carbocycles. The summed E-state index contributed by atoms with van der Waals surface area (Å²) in [6, 6.07) is 16.0. The molecule has 1 aliphatic rings. The summed E-state index contributed by atoms with van der Waals surface area (Å²) in [5, 5.41) is 4.41. The number of hydrogen-bond acceptors (Lipinski definition) is 5. The minimum Gasteiger partial charge on any atom is -0.497 e. The summed E-state index contributed by atoms with van der Waals surface area (Å²) in [5.41, 5.74) is 1.87. The number of benzene rings is 2. The summed E-state index contributed by atoms with van der Waals surface area (Å²) in [4.78, 5) is 11.8. The molecule has 1 aliphatic heterocycles. The second kappa shape index (κ2) is 6.35. The Labute approximate surface area is 141 Å². The third-order valence-corrected chi connectivity index (χ3v) is 4.31. The average molecular weight is 320 g/mol. The Kier molecular flexibility index (Phi) is 3.91. The van der Waals surface area contributed by atoms with Crippen molar-refractivity contribution in [2.24, 2.45) is 0 Å². The standard InChI is InChI=1S/C19H20N4O/c1-24-15-8-6-7-14(13-15)20-19-21-17-10-3-2-9-16(17)18(22-19)23-11-4-5-12-23/h2-3,6-10,13H,4-5,11-12H2,1H3,(H,20,21,22). The van der Waals surface area contributed by atoms with Crippen LogP contribution in [0.1, 0.15) is 12.8 Å². The lowest BCUT2D eigenvalue weighted by Gasteiger charge is -2.19. The lowest BCUT2D eigenvalue weighted by atomic mass is 10.2. The Morgan fingerprint density at radius 3 is 2.67 bits per heavy atom. The minimum absolute atomic E-state index is 0.615. The zero-order chi connectivity index (χ0) is 16.4. The zero-order valence-corrected chi connectivity index (χ0v) is 13.7. The van der Waals surface area contributed by atoms with Gasteiger partial charge in [0.25, 0.3) is 0 Å². The first kappa shape index (κ1) is 14.8. The number of fused-ring (bicyclic) bond motifs is 1. The van der Waals surface area contributed by atoms with Crippen molar-refractivity contribution in [3.8, 4) is 5.75 Å². The van der Waals surface area contributed by atoms with Crippen LogP contribution < -0.4 is 15.0 Å². The third-order valence-electron chi connectivity index (χ3n) is 4.31. The minimum atomic E-state index is 0.615. The van der Waals surface area contributed by atoms with Gasteiger partial charge in [0, 0.05) is 30.2 Å². The number of para-hydroxylation sites is 1. The van der Waals surface area contributed by atoms with Crippen LogP contribution in [0, 0.1) is 0 Å². The van der Waals surface area contributed by atoms with Gasteiger partial charge in [-0.25, -0.2) is 4.98 Å². The van der Waals surface area contributed by atoms with Crippen LogP contribution in [0.3, 0.4) is 0 Å². The lowest BCUT2D eigenvalue weighted by molar-refractivity contribution is 0.415. The smallest absolute Gasteiger partial charge is 0.229 e. The van der Waals surface area contributed by atoms with E-state index in [-0.39, 0.29) is 0 Å². The van der Waals surface area contributed by atoms with Crippen molar-refractivity contribution in [2.45, 2.75) is 12.8 Å².